The summed E-state index contributed by atoms with van der Waals surface area (Å²) in [4.78, 5) is 12.3. The van der Waals surface area contributed by atoms with Gasteiger partial charge in [-0.2, -0.15) is 4.31 Å². The maximum atomic E-state index is 12.3. The number of hydrogen-bond acceptors (Lipinski definition) is 4. The molecule has 24 heavy (non-hydrogen) atoms. The summed E-state index contributed by atoms with van der Waals surface area (Å²) in [6, 6.07) is 6.87. The number of rotatable bonds is 6. The van der Waals surface area contributed by atoms with Gasteiger partial charge < -0.3 is 10.1 Å². The SMILES string of the molecule is COc1ccc(NC(=O)CN(C2CCCCCC2)S(C)(=O)=O)cc1. The smallest absolute Gasteiger partial charge is 0.239 e. The number of hydrogen-bond donors (Lipinski definition) is 1. The molecule has 2 rings (SSSR count). The average molecular weight is 354 g/mol. The molecule has 1 aromatic carbocycles. The van der Waals surface area contributed by atoms with Crippen molar-refractivity contribution in [1.29, 1.82) is 0 Å². The lowest BCUT2D eigenvalue weighted by molar-refractivity contribution is -0.116. The van der Waals surface area contributed by atoms with Gasteiger partial charge in [-0.05, 0) is 37.1 Å². The largest absolute Gasteiger partial charge is 0.497 e. The third-order valence-corrected chi connectivity index (χ3v) is 5.61. The minimum absolute atomic E-state index is 0.0795. The zero-order valence-corrected chi connectivity index (χ0v) is 15.1. The van der Waals surface area contributed by atoms with Gasteiger partial charge >= 0.3 is 0 Å². The number of methoxy groups -OCH3 is 1. The molecular weight excluding hydrogens is 328 g/mol. The van der Waals surface area contributed by atoms with Crippen molar-refractivity contribution >= 4 is 21.6 Å². The molecule has 1 N–H and O–H groups in total. The lowest BCUT2D eigenvalue weighted by Gasteiger charge is -2.28. The van der Waals surface area contributed by atoms with E-state index in [0.717, 1.165) is 38.5 Å². The van der Waals surface area contributed by atoms with E-state index >= 15 is 0 Å². The molecule has 1 amide bonds. The first-order valence-corrected chi connectivity index (χ1v) is 10.2. The quantitative estimate of drug-likeness (QED) is 0.797. The van der Waals surface area contributed by atoms with E-state index in [1.165, 1.54) is 10.6 Å². The Bertz CT molecular complexity index is 635. The predicted molar refractivity (Wildman–Crippen MR) is 94.7 cm³/mol. The molecule has 0 saturated heterocycles. The third-order valence-electron chi connectivity index (χ3n) is 4.33. The second-order valence-electron chi connectivity index (χ2n) is 6.23. The van der Waals surface area contributed by atoms with Gasteiger partial charge in [0.2, 0.25) is 15.9 Å². The van der Waals surface area contributed by atoms with Crippen LogP contribution in [-0.2, 0) is 14.8 Å². The van der Waals surface area contributed by atoms with Crippen LogP contribution < -0.4 is 10.1 Å². The highest BCUT2D eigenvalue weighted by atomic mass is 32.2. The van der Waals surface area contributed by atoms with E-state index in [1.807, 2.05) is 0 Å². The van der Waals surface area contributed by atoms with Crippen LogP contribution in [0.3, 0.4) is 0 Å². The number of nitrogens with zero attached hydrogens (tertiary/aromatic N) is 1. The van der Waals surface area contributed by atoms with Crippen molar-refractivity contribution in [3.05, 3.63) is 24.3 Å². The van der Waals surface area contributed by atoms with E-state index in [-0.39, 0.29) is 18.5 Å². The average Bonchev–Trinajstić information content (AvgIpc) is 2.81. The Balaban J connectivity index is 2.03. The van der Waals surface area contributed by atoms with E-state index in [4.69, 9.17) is 4.74 Å². The fourth-order valence-corrected chi connectivity index (χ4v) is 4.18. The van der Waals surface area contributed by atoms with Gasteiger partial charge in [0, 0.05) is 11.7 Å². The molecule has 134 valence electrons. The molecule has 7 heteroatoms. The molecule has 1 aliphatic carbocycles. The molecule has 0 aliphatic heterocycles. The summed E-state index contributed by atoms with van der Waals surface area (Å²) in [5, 5.41) is 2.75. The molecule has 1 aliphatic rings. The Morgan fingerprint density at radius 1 is 1.17 bits per heavy atom. The van der Waals surface area contributed by atoms with Gasteiger partial charge in [-0.3, -0.25) is 4.79 Å². The predicted octanol–water partition coefficient (Wildman–Crippen LogP) is 2.62. The summed E-state index contributed by atoms with van der Waals surface area (Å²) >= 11 is 0. The van der Waals surface area contributed by atoms with Crippen molar-refractivity contribution in [3.63, 3.8) is 0 Å². The zero-order chi connectivity index (χ0) is 17.6. The fraction of sp³-hybridized carbons (Fsp3) is 0.588. The highest BCUT2D eigenvalue weighted by Gasteiger charge is 2.29. The fourth-order valence-electron chi connectivity index (χ4n) is 3.08. The van der Waals surface area contributed by atoms with Gasteiger partial charge in [-0.25, -0.2) is 8.42 Å². The number of sulfonamides is 1. The van der Waals surface area contributed by atoms with Crippen LogP contribution in [0, 0.1) is 0 Å². The van der Waals surface area contributed by atoms with E-state index in [2.05, 4.69) is 5.32 Å². The van der Waals surface area contributed by atoms with Crippen LogP contribution in [0.15, 0.2) is 24.3 Å². The molecule has 0 heterocycles. The van der Waals surface area contributed by atoms with Crippen molar-refractivity contribution in [1.82, 2.24) is 4.31 Å². The van der Waals surface area contributed by atoms with Gasteiger partial charge in [-0.15, -0.1) is 0 Å². The number of anilines is 1. The number of carbonyl (C=O) groups is 1. The van der Waals surface area contributed by atoms with Gasteiger partial charge in [-0.1, -0.05) is 25.7 Å². The first-order valence-electron chi connectivity index (χ1n) is 8.31. The third kappa shape index (κ3) is 5.49. The van der Waals surface area contributed by atoms with Crippen LogP contribution in [0.5, 0.6) is 5.75 Å². The Kier molecular flexibility index (Phi) is 6.62. The molecule has 1 aromatic rings. The van der Waals surface area contributed by atoms with Crippen molar-refractivity contribution in [2.75, 3.05) is 25.2 Å². The second kappa shape index (κ2) is 8.48. The highest BCUT2D eigenvalue weighted by Crippen LogP contribution is 2.24. The van der Waals surface area contributed by atoms with Crippen LogP contribution in [0.4, 0.5) is 5.69 Å². The Labute approximate surface area is 144 Å². The van der Waals surface area contributed by atoms with Gasteiger partial charge in [0.25, 0.3) is 0 Å². The maximum absolute atomic E-state index is 12.3. The van der Waals surface area contributed by atoms with E-state index in [9.17, 15) is 13.2 Å². The maximum Gasteiger partial charge on any atom is 0.239 e. The molecule has 0 atom stereocenters. The van der Waals surface area contributed by atoms with Crippen LogP contribution in [0.25, 0.3) is 0 Å². The van der Waals surface area contributed by atoms with E-state index < -0.39 is 10.0 Å². The summed E-state index contributed by atoms with van der Waals surface area (Å²) in [5.41, 5.74) is 0.620. The summed E-state index contributed by atoms with van der Waals surface area (Å²) in [7, 11) is -1.85. The zero-order valence-electron chi connectivity index (χ0n) is 14.3. The van der Waals surface area contributed by atoms with Crippen molar-refractivity contribution in [3.8, 4) is 5.75 Å². The molecule has 0 bridgehead atoms. The molecule has 1 fully saturated rings. The minimum Gasteiger partial charge on any atom is -0.497 e. The highest BCUT2D eigenvalue weighted by molar-refractivity contribution is 7.88. The van der Waals surface area contributed by atoms with E-state index in [1.54, 1.807) is 31.4 Å². The van der Waals surface area contributed by atoms with Gasteiger partial charge in [0.15, 0.2) is 0 Å². The molecule has 1 saturated carbocycles. The van der Waals surface area contributed by atoms with E-state index in [0.29, 0.717) is 11.4 Å². The van der Waals surface area contributed by atoms with Crippen LogP contribution >= 0.6 is 0 Å². The summed E-state index contributed by atoms with van der Waals surface area (Å²) in [6.45, 7) is -0.143. The van der Waals surface area contributed by atoms with Crippen molar-refractivity contribution in [2.45, 2.75) is 44.6 Å². The van der Waals surface area contributed by atoms with Gasteiger partial charge in [0.05, 0.1) is 19.9 Å². The first-order chi connectivity index (χ1) is 11.4. The Hall–Kier alpha value is -1.60. The Morgan fingerprint density at radius 3 is 2.25 bits per heavy atom. The summed E-state index contributed by atoms with van der Waals surface area (Å²) < 4.78 is 30.7. The molecule has 0 unspecified atom stereocenters. The van der Waals surface area contributed by atoms with Crippen molar-refractivity contribution in [2.24, 2.45) is 0 Å². The lowest BCUT2D eigenvalue weighted by atomic mass is 10.1. The number of benzene rings is 1. The summed E-state index contributed by atoms with van der Waals surface area (Å²) in [5.74, 6) is 0.374. The van der Waals surface area contributed by atoms with Crippen LogP contribution in [-0.4, -0.2) is 44.6 Å². The number of amides is 1. The molecule has 0 radical (unpaired) electrons. The number of ether oxygens (including phenoxy) is 1. The Morgan fingerprint density at radius 2 is 1.75 bits per heavy atom. The topological polar surface area (TPSA) is 75.7 Å². The minimum atomic E-state index is -3.43. The van der Waals surface area contributed by atoms with Crippen LogP contribution in [0.2, 0.25) is 0 Å². The molecule has 0 aromatic heterocycles. The normalized spacial score (nSPS) is 16.6. The molecular formula is C17H26N2O4S. The van der Waals surface area contributed by atoms with Gasteiger partial charge in [0.1, 0.15) is 5.75 Å². The number of carbonyl (C=O) groups excluding carboxylic acids is 1. The number of nitrogens with one attached hydrogen (secondary N) is 1. The van der Waals surface area contributed by atoms with Crippen LogP contribution in [0.1, 0.15) is 38.5 Å². The lowest BCUT2D eigenvalue weighted by Crippen LogP contribution is -2.44. The standard InChI is InChI=1S/C17H26N2O4S/c1-23-16-11-9-14(10-12-16)18-17(20)13-19(24(2,21)22)15-7-5-3-4-6-8-15/h9-12,15H,3-8,13H2,1-2H3,(H,18,20). The monoisotopic (exact) mass is 354 g/mol. The van der Waals surface area contributed by atoms with Crippen molar-refractivity contribution < 1.29 is 17.9 Å². The molecule has 0 spiro atoms. The second-order valence-corrected chi connectivity index (χ2v) is 8.17. The summed E-state index contributed by atoms with van der Waals surface area (Å²) in [6.07, 6.45) is 7.11. The first kappa shape index (κ1) is 18.7. The molecule has 6 nitrogen and oxygen atoms in total.